The van der Waals surface area contributed by atoms with Crippen LogP contribution in [0, 0.1) is 5.41 Å². The van der Waals surface area contributed by atoms with Crippen LogP contribution in [0.1, 0.15) is 45.6 Å². The molecule has 2 rings (SSSR count). The van der Waals surface area contributed by atoms with Crippen molar-refractivity contribution in [1.29, 1.82) is 0 Å². The van der Waals surface area contributed by atoms with Gasteiger partial charge < -0.3 is 19.5 Å². The van der Waals surface area contributed by atoms with Gasteiger partial charge in [0.05, 0.1) is 11.8 Å². The van der Waals surface area contributed by atoms with Gasteiger partial charge >= 0.3 is 18.0 Å². The van der Waals surface area contributed by atoms with Crippen molar-refractivity contribution in [2.45, 2.75) is 52.2 Å². The summed E-state index contributed by atoms with van der Waals surface area (Å²) in [6, 6.07) is 9.33. The molecule has 27 heavy (non-hydrogen) atoms. The number of hydrogen-bond acceptors (Lipinski definition) is 5. The quantitative estimate of drug-likeness (QED) is 0.792. The molecule has 0 aliphatic carbocycles. The molecule has 1 aliphatic heterocycles. The Labute approximate surface area is 159 Å². The number of hydrogen-bond donors (Lipinski definition) is 1. The zero-order valence-corrected chi connectivity index (χ0v) is 16.1. The highest BCUT2D eigenvalue weighted by molar-refractivity contribution is 5.83. The van der Waals surface area contributed by atoms with Crippen LogP contribution in [-0.4, -0.2) is 46.7 Å². The summed E-state index contributed by atoms with van der Waals surface area (Å²) in [5.74, 6) is -1.57. The van der Waals surface area contributed by atoms with Crippen LogP contribution in [0.25, 0.3) is 0 Å². The van der Waals surface area contributed by atoms with E-state index in [1.165, 1.54) is 4.90 Å². The van der Waals surface area contributed by atoms with Crippen molar-refractivity contribution in [1.82, 2.24) is 4.90 Å². The average Bonchev–Trinajstić information content (AvgIpc) is 2.59. The molecular formula is C20H27NO6. The second-order valence-electron chi connectivity index (χ2n) is 7.88. The van der Waals surface area contributed by atoms with Crippen molar-refractivity contribution in [3.05, 3.63) is 35.9 Å². The fraction of sp³-hybridized carbons (Fsp3) is 0.550. The minimum atomic E-state index is -1.21. The molecule has 1 amide bonds. The first kappa shape index (κ1) is 20.7. The third kappa shape index (κ3) is 5.98. The molecule has 7 nitrogen and oxygen atoms in total. The van der Waals surface area contributed by atoms with E-state index in [4.69, 9.17) is 9.47 Å². The maximum Gasteiger partial charge on any atom is 0.410 e. The zero-order chi connectivity index (χ0) is 20.1. The third-order valence-corrected chi connectivity index (χ3v) is 4.54. The Hall–Kier alpha value is -2.57. The number of aliphatic carboxylic acids is 1. The molecule has 0 radical (unpaired) electrons. The van der Waals surface area contributed by atoms with Crippen LogP contribution in [0.2, 0.25) is 0 Å². The molecular weight excluding hydrogens is 350 g/mol. The molecule has 7 heteroatoms. The van der Waals surface area contributed by atoms with Gasteiger partial charge in [0.2, 0.25) is 0 Å². The fourth-order valence-corrected chi connectivity index (χ4v) is 3.05. The molecule has 148 valence electrons. The SMILES string of the molecule is CC(C)(C)OC(=O)CC1(C(=O)O)CCN(C(=O)OCc2ccccc2)CC1. The molecule has 0 bridgehead atoms. The summed E-state index contributed by atoms with van der Waals surface area (Å²) in [6.45, 7) is 5.83. The first-order chi connectivity index (χ1) is 12.6. The lowest BCUT2D eigenvalue weighted by Crippen LogP contribution is -2.48. The van der Waals surface area contributed by atoms with E-state index in [2.05, 4.69) is 0 Å². The standard InChI is InChI=1S/C20H27NO6/c1-19(2,3)27-16(22)13-20(17(23)24)9-11-21(12-10-20)18(25)26-14-15-7-5-4-6-8-15/h4-8H,9-14H2,1-3H3,(H,23,24). The number of likely N-dealkylation sites (tertiary alicyclic amines) is 1. The van der Waals surface area contributed by atoms with Crippen LogP contribution in [-0.2, 0) is 25.7 Å². The molecule has 0 saturated carbocycles. The van der Waals surface area contributed by atoms with E-state index in [-0.39, 0.29) is 39.0 Å². The van der Waals surface area contributed by atoms with Gasteiger partial charge in [0, 0.05) is 13.1 Å². The van der Waals surface area contributed by atoms with Crippen LogP contribution in [0.4, 0.5) is 4.79 Å². The van der Waals surface area contributed by atoms with Crippen molar-refractivity contribution in [3.63, 3.8) is 0 Å². The second kappa shape index (κ2) is 8.41. The van der Waals surface area contributed by atoms with E-state index in [0.717, 1.165) is 5.56 Å². The molecule has 0 unspecified atom stereocenters. The molecule has 1 heterocycles. The van der Waals surface area contributed by atoms with E-state index in [0.29, 0.717) is 0 Å². The number of piperidine rings is 1. The number of carbonyl (C=O) groups excluding carboxylic acids is 2. The number of esters is 1. The predicted molar refractivity (Wildman–Crippen MR) is 98.0 cm³/mol. The van der Waals surface area contributed by atoms with Gasteiger partial charge in [-0.25, -0.2) is 4.79 Å². The van der Waals surface area contributed by atoms with Gasteiger partial charge in [-0.15, -0.1) is 0 Å². The summed E-state index contributed by atoms with van der Waals surface area (Å²) in [6.07, 6.45) is -0.314. The van der Waals surface area contributed by atoms with E-state index in [1.54, 1.807) is 20.8 Å². The predicted octanol–water partition coefficient (Wildman–Crippen LogP) is 3.22. The zero-order valence-electron chi connectivity index (χ0n) is 16.1. The van der Waals surface area contributed by atoms with Crippen LogP contribution in [0.3, 0.4) is 0 Å². The van der Waals surface area contributed by atoms with Gasteiger partial charge in [0.25, 0.3) is 0 Å². The summed E-state index contributed by atoms with van der Waals surface area (Å²) in [5.41, 5.74) is -0.996. The second-order valence-corrected chi connectivity index (χ2v) is 7.88. The van der Waals surface area contributed by atoms with Gasteiger partial charge in [0.15, 0.2) is 0 Å². The lowest BCUT2D eigenvalue weighted by atomic mass is 9.75. The molecule has 0 spiro atoms. The highest BCUT2D eigenvalue weighted by Crippen LogP contribution is 2.36. The highest BCUT2D eigenvalue weighted by Gasteiger charge is 2.45. The van der Waals surface area contributed by atoms with Crippen molar-refractivity contribution in [2.75, 3.05) is 13.1 Å². The lowest BCUT2D eigenvalue weighted by Gasteiger charge is -2.38. The molecule has 1 N–H and O–H groups in total. The van der Waals surface area contributed by atoms with Gasteiger partial charge in [-0.1, -0.05) is 30.3 Å². The summed E-state index contributed by atoms with van der Waals surface area (Å²) in [7, 11) is 0. The van der Waals surface area contributed by atoms with E-state index in [1.807, 2.05) is 30.3 Å². The largest absolute Gasteiger partial charge is 0.481 e. The molecule has 1 aromatic rings. The Bertz CT molecular complexity index is 671. The lowest BCUT2D eigenvalue weighted by molar-refractivity contribution is -0.167. The number of carbonyl (C=O) groups is 3. The smallest absolute Gasteiger partial charge is 0.410 e. The van der Waals surface area contributed by atoms with Crippen molar-refractivity contribution >= 4 is 18.0 Å². The number of benzene rings is 1. The molecule has 1 saturated heterocycles. The van der Waals surface area contributed by atoms with Crippen LogP contribution in [0.5, 0.6) is 0 Å². The summed E-state index contributed by atoms with van der Waals surface area (Å²) in [5, 5.41) is 9.67. The van der Waals surface area contributed by atoms with E-state index < -0.39 is 29.0 Å². The van der Waals surface area contributed by atoms with Gasteiger partial charge in [0.1, 0.15) is 12.2 Å². The Balaban J connectivity index is 1.90. The van der Waals surface area contributed by atoms with Crippen LogP contribution in [0.15, 0.2) is 30.3 Å². The number of rotatable bonds is 5. The summed E-state index contributed by atoms with van der Waals surface area (Å²) in [4.78, 5) is 37.7. The van der Waals surface area contributed by atoms with Gasteiger partial charge in [-0.05, 0) is 39.2 Å². The van der Waals surface area contributed by atoms with Crippen molar-refractivity contribution < 1.29 is 29.0 Å². The maximum atomic E-state index is 12.2. The van der Waals surface area contributed by atoms with Crippen LogP contribution >= 0.6 is 0 Å². The minimum Gasteiger partial charge on any atom is -0.481 e. The Morgan fingerprint density at radius 3 is 2.22 bits per heavy atom. The normalized spacial score (nSPS) is 16.5. The fourth-order valence-electron chi connectivity index (χ4n) is 3.05. The first-order valence-electron chi connectivity index (χ1n) is 9.02. The van der Waals surface area contributed by atoms with E-state index >= 15 is 0 Å². The highest BCUT2D eigenvalue weighted by atomic mass is 16.6. The Kier molecular flexibility index (Phi) is 6.46. The van der Waals surface area contributed by atoms with Crippen LogP contribution < -0.4 is 0 Å². The maximum absolute atomic E-state index is 12.2. The molecule has 0 atom stereocenters. The number of carboxylic acids is 1. The first-order valence-corrected chi connectivity index (χ1v) is 9.02. The number of amides is 1. The summed E-state index contributed by atoms with van der Waals surface area (Å²) < 4.78 is 10.6. The molecule has 1 aromatic carbocycles. The number of ether oxygens (including phenoxy) is 2. The van der Waals surface area contributed by atoms with Gasteiger partial charge in [-0.2, -0.15) is 0 Å². The van der Waals surface area contributed by atoms with Gasteiger partial charge in [-0.3, -0.25) is 9.59 Å². The van der Waals surface area contributed by atoms with Crippen molar-refractivity contribution in [3.8, 4) is 0 Å². The number of nitrogens with zero attached hydrogens (tertiary/aromatic N) is 1. The average molecular weight is 377 g/mol. The summed E-state index contributed by atoms with van der Waals surface area (Å²) >= 11 is 0. The molecule has 0 aromatic heterocycles. The number of carboxylic acid groups (broad SMARTS) is 1. The van der Waals surface area contributed by atoms with Crippen molar-refractivity contribution in [2.24, 2.45) is 5.41 Å². The Morgan fingerprint density at radius 1 is 1.11 bits per heavy atom. The monoisotopic (exact) mass is 377 g/mol. The third-order valence-electron chi connectivity index (χ3n) is 4.54. The molecule has 1 fully saturated rings. The Morgan fingerprint density at radius 2 is 1.70 bits per heavy atom. The topological polar surface area (TPSA) is 93.1 Å². The van der Waals surface area contributed by atoms with E-state index in [9.17, 15) is 19.5 Å². The minimum absolute atomic E-state index is 0.165. The molecule has 1 aliphatic rings.